The van der Waals surface area contributed by atoms with E-state index in [1.165, 1.54) is 6.92 Å². The molecule has 0 atom stereocenters. The molecule has 1 heterocycles. The molecule has 0 radical (unpaired) electrons. The van der Waals surface area contributed by atoms with Crippen LogP contribution in [0.1, 0.15) is 19.0 Å². The zero-order valence-corrected chi connectivity index (χ0v) is 11.0. The number of nitrogens with zero attached hydrogens (tertiary/aromatic N) is 3. The molecular formula is C10H18N6O3. The topological polar surface area (TPSA) is 128 Å². The van der Waals surface area contributed by atoms with Crippen LogP contribution in [0, 0.1) is 17.0 Å². The molecule has 9 nitrogen and oxygen atoms in total. The molecule has 0 aliphatic heterocycles. The first-order valence-electron chi connectivity index (χ1n) is 5.91. The highest BCUT2D eigenvalue weighted by molar-refractivity contribution is 5.60. The first-order chi connectivity index (χ1) is 9.10. The van der Waals surface area contributed by atoms with E-state index in [2.05, 4.69) is 20.7 Å². The molecule has 106 valence electrons. The first kappa shape index (κ1) is 15.1. The Balaban J connectivity index is 2.78. The van der Waals surface area contributed by atoms with E-state index in [1.807, 2.05) is 6.92 Å². The third-order valence-corrected chi connectivity index (χ3v) is 2.33. The van der Waals surface area contributed by atoms with Gasteiger partial charge >= 0.3 is 5.69 Å². The summed E-state index contributed by atoms with van der Waals surface area (Å²) in [7, 11) is 0. The lowest BCUT2D eigenvalue weighted by Gasteiger charge is -2.09. The van der Waals surface area contributed by atoms with Crippen LogP contribution in [0.5, 0.6) is 0 Å². The van der Waals surface area contributed by atoms with Crippen LogP contribution in [0.3, 0.4) is 0 Å². The Labute approximate surface area is 110 Å². The van der Waals surface area contributed by atoms with Gasteiger partial charge in [-0.25, -0.2) is 10.8 Å². The van der Waals surface area contributed by atoms with Crippen molar-refractivity contribution in [2.24, 2.45) is 5.84 Å². The Hall–Kier alpha value is -2.00. The van der Waals surface area contributed by atoms with Crippen molar-refractivity contribution in [2.45, 2.75) is 20.3 Å². The summed E-state index contributed by atoms with van der Waals surface area (Å²) in [6.07, 6.45) is 0.722. The van der Waals surface area contributed by atoms with Gasteiger partial charge in [0.15, 0.2) is 0 Å². The molecule has 1 rings (SSSR count). The van der Waals surface area contributed by atoms with E-state index in [0.717, 1.165) is 6.42 Å². The molecule has 0 amide bonds. The van der Waals surface area contributed by atoms with E-state index in [1.54, 1.807) is 0 Å². The third-order valence-electron chi connectivity index (χ3n) is 2.33. The summed E-state index contributed by atoms with van der Waals surface area (Å²) in [5.74, 6) is 5.50. The minimum absolute atomic E-state index is 0.135. The summed E-state index contributed by atoms with van der Waals surface area (Å²) in [5.41, 5.74) is 2.38. The number of aromatic nitrogens is 2. The van der Waals surface area contributed by atoms with Crippen molar-refractivity contribution in [1.82, 2.24) is 9.97 Å². The van der Waals surface area contributed by atoms with E-state index in [4.69, 9.17) is 10.6 Å². The standard InChI is InChI=1S/C10H18N6O3/c1-3-19-6-4-5-12-9-8(16(17)18)7(2)13-10(14-9)15-11/h3-6,11H2,1-2H3,(H2,12,13,14,15). The monoisotopic (exact) mass is 270 g/mol. The summed E-state index contributed by atoms with van der Waals surface area (Å²) >= 11 is 0. The average molecular weight is 270 g/mol. The largest absolute Gasteiger partial charge is 0.382 e. The maximum atomic E-state index is 11.0. The van der Waals surface area contributed by atoms with Gasteiger partial charge < -0.3 is 10.1 Å². The Kier molecular flexibility index (Phi) is 5.90. The lowest BCUT2D eigenvalue weighted by atomic mass is 10.3. The molecule has 19 heavy (non-hydrogen) atoms. The molecular weight excluding hydrogens is 252 g/mol. The predicted octanol–water partition coefficient (Wildman–Crippen LogP) is 0.817. The van der Waals surface area contributed by atoms with E-state index in [0.29, 0.717) is 19.8 Å². The van der Waals surface area contributed by atoms with Gasteiger partial charge in [0.2, 0.25) is 11.8 Å². The number of nitrogen functional groups attached to an aromatic ring is 1. The summed E-state index contributed by atoms with van der Waals surface area (Å²) in [6, 6.07) is 0. The normalized spacial score (nSPS) is 10.3. The van der Waals surface area contributed by atoms with Gasteiger partial charge in [-0.2, -0.15) is 4.98 Å². The number of nitro groups is 1. The van der Waals surface area contributed by atoms with Gasteiger partial charge in [0, 0.05) is 19.8 Å². The Morgan fingerprint density at radius 3 is 2.79 bits per heavy atom. The van der Waals surface area contributed by atoms with Gasteiger partial charge in [-0.3, -0.25) is 15.5 Å². The molecule has 0 unspecified atom stereocenters. The van der Waals surface area contributed by atoms with E-state index in [-0.39, 0.29) is 23.1 Å². The molecule has 0 saturated heterocycles. The molecule has 0 saturated carbocycles. The van der Waals surface area contributed by atoms with Gasteiger partial charge in [-0.05, 0) is 20.3 Å². The molecule has 1 aromatic heterocycles. The number of hydrogen-bond donors (Lipinski definition) is 3. The van der Waals surface area contributed by atoms with Crippen molar-refractivity contribution in [3.05, 3.63) is 15.8 Å². The summed E-state index contributed by atoms with van der Waals surface area (Å²) < 4.78 is 5.18. The second-order valence-electron chi connectivity index (χ2n) is 3.71. The second-order valence-corrected chi connectivity index (χ2v) is 3.71. The highest BCUT2D eigenvalue weighted by Gasteiger charge is 2.21. The molecule has 0 bridgehead atoms. The maximum Gasteiger partial charge on any atom is 0.332 e. The van der Waals surface area contributed by atoms with Crippen molar-refractivity contribution in [2.75, 3.05) is 30.5 Å². The average Bonchev–Trinajstić information content (AvgIpc) is 2.37. The van der Waals surface area contributed by atoms with Crippen LogP contribution in [-0.2, 0) is 4.74 Å². The maximum absolute atomic E-state index is 11.0. The number of anilines is 2. The fraction of sp³-hybridized carbons (Fsp3) is 0.600. The van der Waals surface area contributed by atoms with Gasteiger partial charge in [0.1, 0.15) is 5.69 Å². The van der Waals surface area contributed by atoms with Crippen LogP contribution in [-0.4, -0.2) is 34.6 Å². The third kappa shape index (κ3) is 4.30. The number of ether oxygens (including phenoxy) is 1. The molecule has 0 aromatic carbocycles. The zero-order chi connectivity index (χ0) is 14.3. The number of nitrogens with two attached hydrogens (primary N) is 1. The van der Waals surface area contributed by atoms with Crippen molar-refractivity contribution in [1.29, 1.82) is 0 Å². The summed E-state index contributed by atoms with van der Waals surface area (Å²) in [5, 5.41) is 13.9. The molecule has 1 aromatic rings. The highest BCUT2D eigenvalue weighted by atomic mass is 16.6. The number of rotatable bonds is 8. The van der Waals surface area contributed by atoms with Crippen molar-refractivity contribution < 1.29 is 9.66 Å². The van der Waals surface area contributed by atoms with Gasteiger partial charge in [0.25, 0.3) is 0 Å². The van der Waals surface area contributed by atoms with Crippen molar-refractivity contribution >= 4 is 17.5 Å². The van der Waals surface area contributed by atoms with Crippen LogP contribution in [0.4, 0.5) is 17.5 Å². The number of hydrazine groups is 1. The molecule has 0 spiro atoms. The minimum Gasteiger partial charge on any atom is -0.382 e. The Morgan fingerprint density at radius 1 is 1.47 bits per heavy atom. The van der Waals surface area contributed by atoms with Gasteiger partial charge in [-0.1, -0.05) is 0 Å². The fourth-order valence-electron chi connectivity index (χ4n) is 1.50. The SMILES string of the molecule is CCOCCCNc1nc(NN)nc(C)c1[N+](=O)[O-]. The first-order valence-corrected chi connectivity index (χ1v) is 5.91. The Bertz CT molecular complexity index is 440. The van der Waals surface area contributed by atoms with Crippen LogP contribution in [0.2, 0.25) is 0 Å². The van der Waals surface area contributed by atoms with Gasteiger partial charge in [0.05, 0.1) is 4.92 Å². The van der Waals surface area contributed by atoms with Crippen LogP contribution in [0.15, 0.2) is 0 Å². The van der Waals surface area contributed by atoms with Crippen molar-refractivity contribution in [3.8, 4) is 0 Å². The van der Waals surface area contributed by atoms with E-state index in [9.17, 15) is 10.1 Å². The van der Waals surface area contributed by atoms with Gasteiger partial charge in [-0.15, -0.1) is 0 Å². The number of hydrogen-bond acceptors (Lipinski definition) is 8. The molecule has 9 heteroatoms. The molecule has 0 aliphatic carbocycles. The smallest absolute Gasteiger partial charge is 0.332 e. The summed E-state index contributed by atoms with van der Waals surface area (Å²) in [4.78, 5) is 18.3. The van der Waals surface area contributed by atoms with Crippen LogP contribution in [0.25, 0.3) is 0 Å². The quantitative estimate of drug-likeness (QED) is 0.274. The lowest BCUT2D eigenvalue weighted by Crippen LogP contribution is -2.15. The number of nitrogens with one attached hydrogen (secondary N) is 2. The van der Waals surface area contributed by atoms with E-state index < -0.39 is 4.92 Å². The number of aryl methyl sites for hydroxylation is 1. The molecule has 0 aliphatic rings. The minimum atomic E-state index is -0.513. The lowest BCUT2D eigenvalue weighted by molar-refractivity contribution is -0.385. The zero-order valence-electron chi connectivity index (χ0n) is 11.0. The highest BCUT2D eigenvalue weighted by Crippen LogP contribution is 2.26. The van der Waals surface area contributed by atoms with E-state index >= 15 is 0 Å². The molecule has 0 fully saturated rings. The molecule has 4 N–H and O–H groups in total. The Morgan fingerprint density at radius 2 is 2.21 bits per heavy atom. The predicted molar refractivity (Wildman–Crippen MR) is 70.8 cm³/mol. The van der Waals surface area contributed by atoms with Crippen LogP contribution < -0.4 is 16.6 Å². The fourth-order valence-corrected chi connectivity index (χ4v) is 1.50. The second kappa shape index (κ2) is 7.44. The van der Waals surface area contributed by atoms with Crippen LogP contribution >= 0.6 is 0 Å². The summed E-state index contributed by atoms with van der Waals surface area (Å²) in [6.45, 7) is 5.19. The van der Waals surface area contributed by atoms with Crippen molar-refractivity contribution in [3.63, 3.8) is 0 Å².